The minimum atomic E-state index is -1.10. The number of hydrogen-bond acceptors (Lipinski definition) is 4. The Morgan fingerprint density at radius 1 is 0.939 bits per heavy atom. The molecule has 2 atom stereocenters. The molecule has 176 valence electrons. The predicted octanol–water partition coefficient (Wildman–Crippen LogP) is 4.31. The molecular weight excluding hydrogens is 420 g/mol. The van der Waals surface area contributed by atoms with Crippen LogP contribution in [0.4, 0.5) is 4.79 Å². The second kappa shape index (κ2) is 10.1. The Hall–Kier alpha value is -3.35. The molecule has 0 radical (unpaired) electrons. The van der Waals surface area contributed by atoms with Gasteiger partial charge in [-0.25, -0.2) is 9.59 Å². The maximum Gasteiger partial charge on any atom is 0.407 e. The maximum absolute atomic E-state index is 12.7. The van der Waals surface area contributed by atoms with Crippen molar-refractivity contribution in [1.29, 1.82) is 0 Å². The fourth-order valence-corrected chi connectivity index (χ4v) is 4.22. The Kier molecular flexibility index (Phi) is 7.41. The highest BCUT2D eigenvalue weighted by Gasteiger charge is 2.31. The molecule has 1 unspecified atom stereocenters. The van der Waals surface area contributed by atoms with Crippen molar-refractivity contribution in [3.8, 4) is 11.1 Å². The topological polar surface area (TPSA) is 105 Å². The molecule has 0 heterocycles. The summed E-state index contributed by atoms with van der Waals surface area (Å²) in [6.07, 6.45) is -0.130. The highest BCUT2D eigenvalue weighted by molar-refractivity contribution is 5.89. The third-order valence-corrected chi connectivity index (χ3v) is 5.79. The third-order valence-electron chi connectivity index (χ3n) is 5.79. The van der Waals surface area contributed by atoms with E-state index in [2.05, 4.69) is 22.8 Å². The van der Waals surface area contributed by atoms with Gasteiger partial charge in [0.05, 0.1) is 0 Å². The van der Waals surface area contributed by atoms with Crippen LogP contribution in [0.3, 0.4) is 0 Å². The van der Waals surface area contributed by atoms with Crippen molar-refractivity contribution >= 4 is 18.0 Å². The number of fused-ring (bicyclic) bond motifs is 3. The van der Waals surface area contributed by atoms with Crippen LogP contribution in [0.25, 0.3) is 11.1 Å². The van der Waals surface area contributed by atoms with Crippen LogP contribution >= 0.6 is 0 Å². The molecule has 7 heteroatoms. The van der Waals surface area contributed by atoms with E-state index in [1.165, 1.54) is 0 Å². The predicted molar refractivity (Wildman–Crippen MR) is 126 cm³/mol. The molecule has 33 heavy (non-hydrogen) atoms. The van der Waals surface area contributed by atoms with Gasteiger partial charge in [-0.3, -0.25) is 4.79 Å². The standard InChI is InChI=1S/C26H32N2O5/c1-5-21(23(29)27-22(24(30)31)14-26(2,3)4)28-25(32)33-15-20-18-12-8-6-10-16(18)17-11-7-9-13-19(17)20/h6-13,20-22H,5,14-15H2,1-4H3,(H,27,29)(H,28,32)(H,30,31)/t21-,22?/m0/s1. The zero-order valence-electron chi connectivity index (χ0n) is 19.6. The summed E-state index contributed by atoms with van der Waals surface area (Å²) in [5.74, 6) is -1.72. The summed E-state index contributed by atoms with van der Waals surface area (Å²) >= 11 is 0. The van der Waals surface area contributed by atoms with Gasteiger partial charge in [0.15, 0.2) is 0 Å². The second-order valence-electron chi connectivity index (χ2n) is 9.59. The second-order valence-corrected chi connectivity index (χ2v) is 9.59. The molecule has 0 saturated carbocycles. The van der Waals surface area contributed by atoms with Gasteiger partial charge in [-0.15, -0.1) is 0 Å². The zero-order chi connectivity index (χ0) is 24.2. The van der Waals surface area contributed by atoms with Crippen LogP contribution in [0.2, 0.25) is 0 Å². The van der Waals surface area contributed by atoms with Gasteiger partial charge >= 0.3 is 12.1 Å². The fraction of sp³-hybridized carbons (Fsp3) is 0.423. The summed E-state index contributed by atoms with van der Waals surface area (Å²) in [6, 6.07) is 14.2. The van der Waals surface area contributed by atoms with Gasteiger partial charge in [0.25, 0.3) is 0 Å². The van der Waals surface area contributed by atoms with E-state index >= 15 is 0 Å². The average molecular weight is 453 g/mol. The Morgan fingerprint density at radius 2 is 1.48 bits per heavy atom. The Bertz CT molecular complexity index is 982. The van der Waals surface area contributed by atoms with E-state index in [-0.39, 0.29) is 24.4 Å². The van der Waals surface area contributed by atoms with Crippen LogP contribution in [-0.2, 0) is 14.3 Å². The van der Waals surface area contributed by atoms with E-state index in [9.17, 15) is 19.5 Å². The number of carboxylic acid groups (broad SMARTS) is 1. The summed E-state index contributed by atoms with van der Waals surface area (Å²) in [7, 11) is 0. The van der Waals surface area contributed by atoms with E-state index in [1.54, 1.807) is 6.92 Å². The average Bonchev–Trinajstić information content (AvgIpc) is 3.08. The summed E-state index contributed by atoms with van der Waals surface area (Å²) in [6.45, 7) is 7.59. The molecule has 3 rings (SSSR count). The van der Waals surface area contributed by atoms with Crippen LogP contribution < -0.4 is 10.6 Å². The fourth-order valence-electron chi connectivity index (χ4n) is 4.22. The molecular formula is C26H32N2O5. The molecule has 2 aromatic rings. The summed E-state index contributed by atoms with van der Waals surface area (Å²) < 4.78 is 5.51. The molecule has 1 aliphatic carbocycles. The highest BCUT2D eigenvalue weighted by atomic mass is 16.5. The van der Waals surface area contributed by atoms with Gasteiger partial charge in [0, 0.05) is 5.92 Å². The minimum Gasteiger partial charge on any atom is -0.480 e. The van der Waals surface area contributed by atoms with E-state index in [0.717, 1.165) is 22.3 Å². The lowest BCUT2D eigenvalue weighted by Gasteiger charge is -2.26. The van der Waals surface area contributed by atoms with E-state index in [0.29, 0.717) is 6.42 Å². The van der Waals surface area contributed by atoms with Crippen molar-refractivity contribution in [1.82, 2.24) is 10.6 Å². The normalized spacial score (nSPS) is 14.5. The van der Waals surface area contributed by atoms with Crippen molar-refractivity contribution in [2.24, 2.45) is 5.41 Å². The van der Waals surface area contributed by atoms with Crippen LogP contribution in [0.1, 0.15) is 57.6 Å². The molecule has 0 bridgehead atoms. The number of ether oxygens (including phenoxy) is 1. The monoisotopic (exact) mass is 452 g/mol. The lowest BCUT2D eigenvalue weighted by molar-refractivity contribution is -0.143. The summed E-state index contributed by atoms with van der Waals surface area (Å²) in [5.41, 5.74) is 4.18. The third kappa shape index (κ3) is 5.92. The van der Waals surface area contributed by atoms with Gasteiger partial charge in [0.1, 0.15) is 18.7 Å². The SMILES string of the molecule is CC[C@H](NC(=O)OCC1c2ccccc2-c2ccccc21)C(=O)NC(CC(C)(C)C)C(=O)O. The van der Waals surface area contributed by atoms with Crippen molar-refractivity contribution < 1.29 is 24.2 Å². The van der Waals surface area contributed by atoms with Crippen molar-refractivity contribution in [3.63, 3.8) is 0 Å². The van der Waals surface area contributed by atoms with Crippen LogP contribution in [0, 0.1) is 5.41 Å². The van der Waals surface area contributed by atoms with Gasteiger partial charge in [-0.05, 0) is 40.5 Å². The van der Waals surface area contributed by atoms with Crippen LogP contribution in [0.5, 0.6) is 0 Å². The zero-order valence-corrected chi connectivity index (χ0v) is 19.6. The Balaban J connectivity index is 1.62. The van der Waals surface area contributed by atoms with Crippen molar-refractivity contribution in [2.75, 3.05) is 6.61 Å². The molecule has 0 fully saturated rings. The smallest absolute Gasteiger partial charge is 0.407 e. The molecule has 0 aliphatic heterocycles. The first-order chi connectivity index (χ1) is 15.6. The Labute approximate surface area is 194 Å². The van der Waals surface area contributed by atoms with E-state index in [1.807, 2.05) is 57.2 Å². The molecule has 2 aromatic carbocycles. The number of aliphatic carboxylic acids is 1. The highest BCUT2D eigenvalue weighted by Crippen LogP contribution is 2.44. The molecule has 0 spiro atoms. The maximum atomic E-state index is 12.7. The van der Waals surface area contributed by atoms with E-state index in [4.69, 9.17) is 4.74 Å². The van der Waals surface area contributed by atoms with Crippen molar-refractivity contribution in [2.45, 2.75) is 58.5 Å². The van der Waals surface area contributed by atoms with Gasteiger partial charge < -0.3 is 20.5 Å². The molecule has 2 amide bonds. The number of benzene rings is 2. The minimum absolute atomic E-state index is 0.0831. The quantitative estimate of drug-likeness (QED) is 0.554. The number of rotatable bonds is 8. The Morgan fingerprint density at radius 3 is 1.97 bits per heavy atom. The summed E-state index contributed by atoms with van der Waals surface area (Å²) in [4.78, 5) is 36.7. The number of alkyl carbamates (subject to hydrolysis) is 1. The molecule has 1 aliphatic rings. The van der Waals surface area contributed by atoms with Crippen molar-refractivity contribution in [3.05, 3.63) is 59.7 Å². The lowest BCUT2D eigenvalue weighted by Crippen LogP contribution is -2.52. The number of nitrogens with one attached hydrogen (secondary N) is 2. The molecule has 7 nitrogen and oxygen atoms in total. The van der Waals surface area contributed by atoms with E-state index < -0.39 is 30.1 Å². The number of carboxylic acids is 1. The number of amides is 2. The van der Waals surface area contributed by atoms with Gasteiger partial charge in [-0.2, -0.15) is 0 Å². The number of carbonyl (C=O) groups excluding carboxylic acids is 2. The molecule has 0 aromatic heterocycles. The number of hydrogen-bond donors (Lipinski definition) is 3. The number of carbonyl (C=O) groups is 3. The summed E-state index contributed by atoms with van der Waals surface area (Å²) in [5, 5.41) is 14.6. The molecule has 3 N–H and O–H groups in total. The van der Waals surface area contributed by atoms with Gasteiger partial charge in [0.2, 0.25) is 5.91 Å². The molecule has 0 saturated heterocycles. The lowest BCUT2D eigenvalue weighted by atomic mass is 9.88. The van der Waals surface area contributed by atoms with Crippen LogP contribution in [-0.4, -0.2) is 41.8 Å². The first-order valence-corrected chi connectivity index (χ1v) is 11.3. The van der Waals surface area contributed by atoms with Crippen LogP contribution in [0.15, 0.2) is 48.5 Å². The first kappa shape index (κ1) is 24.3. The largest absolute Gasteiger partial charge is 0.480 e. The van der Waals surface area contributed by atoms with Gasteiger partial charge in [-0.1, -0.05) is 76.2 Å². The first-order valence-electron chi connectivity index (χ1n) is 11.3.